The summed E-state index contributed by atoms with van der Waals surface area (Å²) in [5.74, 6) is 2.02. The lowest BCUT2D eigenvalue weighted by molar-refractivity contribution is -0.119. The number of hydrogen-bond donors (Lipinski definition) is 1. The zero-order chi connectivity index (χ0) is 21.4. The molecule has 1 aromatic carbocycles. The lowest BCUT2D eigenvalue weighted by Gasteiger charge is -2.29. The summed E-state index contributed by atoms with van der Waals surface area (Å²) in [5.41, 5.74) is 5.56. The summed E-state index contributed by atoms with van der Waals surface area (Å²) in [5, 5.41) is 14.2. The van der Waals surface area contributed by atoms with Crippen molar-refractivity contribution in [3.63, 3.8) is 0 Å². The van der Waals surface area contributed by atoms with Gasteiger partial charge in [-0.2, -0.15) is 0 Å². The number of carbonyl (C=O) groups is 1. The van der Waals surface area contributed by atoms with Crippen LogP contribution in [0.15, 0.2) is 42.6 Å². The molecule has 1 aliphatic heterocycles. The molecule has 1 aliphatic rings. The number of fused-ring (bicyclic) bond motifs is 1. The molecule has 0 saturated carbocycles. The smallest absolute Gasteiger partial charge is 0.228 e. The van der Waals surface area contributed by atoms with Crippen molar-refractivity contribution in [2.75, 3.05) is 4.90 Å². The number of aromatic amines is 1. The van der Waals surface area contributed by atoms with Crippen LogP contribution in [0.1, 0.15) is 29.2 Å². The van der Waals surface area contributed by atoms with E-state index in [-0.39, 0.29) is 5.91 Å². The SMILES string of the molecule is Cc1nc(C)c2c(n1)N(Cc1ccc(-c3ccccc3-c3nnn[nH]3)cn1)C(=O)CC2. The van der Waals surface area contributed by atoms with Crippen LogP contribution in [0.2, 0.25) is 0 Å². The number of anilines is 1. The molecule has 1 N–H and O–H groups in total. The second kappa shape index (κ2) is 7.67. The molecule has 0 spiro atoms. The summed E-state index contributed by atoms with van der Waals surface area (Å²) in [7, 11) is 0. The summed E-state index contributed by atoms with van der Waals surface area (Å²) < 4.78 is 0. The average molecular weight is 412 g/mol. The van der Waals surface area contributed by atoms with E-state index in [0.717, 1.165) is 33.6 Å². The van der Waals surface area contributed by atoms with Crippen LogP contribution in [0, 0.1) is 13.8 Å². The second-order valence-electron chi connectivity index (χ2n) is 7.47. The number of benzene rings is 1. The lowest BCUT2D eigenvalue weighted by atomic mass is 10.0. The van der Waals surface area contributed by atoms with E-state index in [1.54, 1.807) is 4.90 Å². The Labute approximate surface area is 178 Å². The van der Waals surface area contributed by atoms with Gasteiger partial charge in [0, 0.05) is 35.0 Å². The van der Waals surface area contributed by atoms with Crippen LogP contribution in [0.4, 0.5) is 5.82 Å². The van der Waals surface area contributed by atoms with E-state index in [2.05, 4.69) is 35.6 Å². The normalized spacial score (nSPS) is 13.4. The van der Waals surface area contributed by atoms with Crippen molar-refractivity contribution < 1.29 is 4.79 Å². The van der Waals surface area contributed by atoms with Gasteiger partial charge in [0.1, 0.15) is 11.6 Å². The number of tetrazole rings is 1. The van der Waals surface area contributed by atoms with Gasteiger partial charge in [0.25, 0.3) is 0 Å². The molecule has 0 unspecified atom stereocenters. The first kappa shape index (κ1) is 19.0. The zero-order valence-corrected chi connectivity index (χ0v) is 17.2. The first-order chi connectivity index (χ1) is 15.1. The second-order valence-corrected chi connectivity index (χ2v) is 7.47. The molecule has 154 valence electrons. The maximum Gasteiger partial charge on any atom is 0.228 e. The number of aromatic nitrogens is 7. The van der Waals surface area contributed by atoms with E-state index in [1.165, 1.54) is 0 Å². The van der Waals surface area contributed by atoms with Crippen molar-refractivity contribution >= 4 is 11.7 Å². The van der Waals surface area contributed by atoms with Crippen molar-refractivity contribution in [2.24, 2.45) is 0 Å². The fourth-order valence-corrected chi connectivity index (χ4v) is 3.94. The predicted molar refractivity (Wildman–Crippen MR) is 114 cm³/mol. The standard InChI is InChI=1S/C22H20N8O/c1-13-17-9-10-20(31)30(22(17)25-14(2)24-13)12-16-8-7-15(11-23-16)18-5-3-4-6-19(18)21-26-28-29-27-21/h3-8,11H,9-10,12H2,1-2H3,(H,26,27,28,29). The van der Waals surface area contributed by atoms with Crippen LogP contribution in [-0.2, 0) is 17.8 Å². The third-order valence-corrected chi connectivity index (χ3v) is 5.43. The largest absolute Gasteiger partial charge is 0.290 e. The quantitative estimate of drug-likeness (QED) is 0.548. The molecule has 4 aromatic rings. The summed E-state index contributed by atoms with van der Waals surface area (Å²) >= 11 is 0. The minimum Gasteiger partial charge on any atom is -0.290 e. The summed E-state index contributed by atoms with van der Waals surface area (Å²) in [6, 6.07) is 11.8. The van der Waals surface area contributed by atoms with Crippen LogP contribution < -0.4 is 4.90 Å². The van der Waals surface area contributed by atoms with Gasteiger partial charge in [0.05, 0.1) is 12.2 Å². The highest BCUT2D eigenvalue weighted by Gasteiger charge is 2.28. The Balaban J connectivity index is 1.45. The molecule has 0 aliphatic carbocycles. The molecule has 31 heavy (non-hydrogen) atoms. The first-order valence-electron chi connectivity index (χ1n) is 10.0. The molecule has 0 bridgehead atoms. The van der Waals surface area contributed by atoms with Gasteiger partial charge in [-0.15, -0.1) is 5.10 Å². The third kappa shape index (κ3) is 3.54. The molecule has 1 amide bonds. The highest BCUT2D eigenvalue weighted by molar-refractivity contribution is 5.95. The lowest BCUT2D eigenvalue weighted by Crippen LogP contribution is -2.36. The van der Waals surface area contributed by atoms with E-state index >= 15 is 0 Å². The van der Waals surface area contributed by atoms with Crippen LogP contribution in [0.3, 0.4) is 0 Å². The number of nitrogens with one attached hydrogen (secondary N) is 1. The highest BCUT2D eigenvalue weighted by atomic mass is 16.2. The molecule has 0 radical (unpaired) electrons. The van der Waals surface area contributed by atoms with Crippen LogP contribution in [0.25, 0.3) is 22.5 Å². The molecule has 9 nitrogen and oxygen atoms in total. The summed E-state index contributed by atoms with van der Waals surface area (Å²) in [6.07, 6.45) is 2.94. The zero-order valence-electron chi connectivity index (χ0n) is 17.2. The van der Waals surface area contributed by atoms with Crippen LogP contribution in [0.5, 0.6) is 0 Å². The number of hydrogen-bond acceptors (Lipinski definition) is 7. The van der Waals surface area contributed by atoms with Crippen molar-refractivity contribution in [2.45, 2.75) is 33.2 Å². The maximum atomic E-state index is 12.7. The molecular formula is C22H20N8O. The molecule has 0 saturated heterocycles. The molecular weight excluding hydrogens is 392 g/mol. The van der Waals surface area contributed by atoms with E-state index in [9.17, 15) is 4.79 Å². The average Bonchev–Trinajstić information content (AvgIpc) is 3.31. The number of nitrogens with zero attached hydrogens (tertiary/aromatic N) is 7. The summed E-state index contributed by atoms with van der Waals surface area (Å²) in [6.45, 7) is 4.19. The third-order valence-electron chi connectivity index (χ3n) is 5.43. The van der Waals surface area contributed by atoms with E-state index in [1.807, 2.05) is 56.4 Å². The van der Waals surface area contributed by atoms with Crippen LogP contribution in [-0.4, -0.2) is 41.5 Å². The number of carbonyl (C=O) groups excluding carboxylic acids is 1. The van der Waals surface area contributed by atoms with Crippen molar-refractivity contribution in [3.8, 4) is 22.5 Å². The van der Waals surface area contributed by atoms with Crippen molar-refractivity contribution in [1.82, 2.24) is 35.6 Å². The Morgan fingerprint density at radius 3 is 2.61 bits per heavy atom. The Kier molecular flexibility index (Phi) is 4.70. The molecule has 3 aromatic heterocycles. The number of amides is 1. The Hall–Kier alpha value is -4.01. The van der Waals surface area contributed by atoms with Crippen molar-refractivity contribution in [1.29, 1.82) is 0 Å². The number of H-pyrrole nitrogens is 1. The van der Waals surface area contributed by atoms with Gasteiger partial charge in [-0.3, -0.25) is 14.7 Å². The fraction of sp³-hybridized carbons (Fsp3) is 0.227. The fourth-order valence-electron chi connectivity index (χ4n) is 3.94. The molecule has 9 heteroatoms. The van der Waals surface area contributed by atoms with Gasteiger partial charge in [-0.05, 0) is 42.3 Å². The predicted octanol–water partition coefficient (Wildman–Crippen LogP) is 2.81. The minimum atomic E-state index is 0.0547. The Bertz CT molecular complexity index is 1250. The molecule has 0 atom stereocenters. The first-order valence-corrected chi connectivity index (χ1v) is 10.0. The highest BCUT2D eigenvalue weighted by Crippen LogP contribution is 2.31. The van der Waals surface area contributed by atoms with Gasteiger partial charge in [0.15, 0.2) is 5.82 Å². The van der Waals surface area contributed by atoms with E-state index in [0.29, 0.717) is 36.9 Å². The summed E-state index contributed by atoms with van der Waals surface area (Å²) in [4.78, 5) is 28.0. The minimum absolute atomic E-state index is 0.0547. The van der Waals surface area contributed by atoms with E-state index in [4.69, 9.17) is 0 Å². The van der Waals surface area contributed by atoms with Gasteiger partial charge < -0.3 is 0 Å². The number of aryl methyl sites for hydroxylation is 2. The number of rotatable bonds is 4. The van der Waals surface area contributed by atoms with Gasteiger partial charge >= 0.3 is 0 Å². The topological polar surface area (TPSA) is 113 Å². The van der Waals surface area contributed by atoms with Crippen molar-refractivity contribution in [3.05, 3.63) is 65.4 Å². The molecule has 0 fully saturated rings. The maximum absolute atomic E-state index is 12.7. The van der Waals surface area contributed by atoms with E-state index < -0.39 is 0 Å². The Morgan fingerprint density at radius 2 is 1.87 bits per heavy atom. The molecule has 4 heterocycles. The van der Waals surface area contributed by atoms with Crippen LogP contribution >= 0.6 is 0 Å². The monoisotopic (exact) mass is 412 g/mol. The Morgan fingerprint density at radius 1 is 1.03 bits per heavy atom. The molecule has 5 rings (SSSR count). The van der Waals surface area contributed by atoms with Gasteiger partial charge in [0.2, 0.25) is 5.91 Å². The van der Waals surface area contributed by atoms with Gasteiger partial charge in [-0.1, -0.05) is 30.3 Å². The van der Waals surface area contributed by atoms with Gasteiger partial charge in [-0.25, -0.2) is 15.1 Å². The number of pyridine rings is 1.